The topological polar surface area (TPSA) is 111 Å². The lowest BCUT2D eigenvalue weighted by Crippen LogP contribution is -2.44. The highest BCUT2D eigenvalue weighted by atomic mass is 33.1. The minimum atomic E-state index is -0.888. The second-order valence-corrected chi connectivity index (χ2v) is 11.6. The molecule has 0 aliphatic carbocycles. The van der Waals surface area contributed by atoms with Gasteiger partial charge in [-0.2, -0.15) is 0 Å². The van der Waals surface area contributed by atoms with Crippen molar-refractivity contribution in [3.05, 3.63) is 59.7 Å². The van der Waals surface area contributed by atoms with E-state index in [9.17, 15) is 19.2 Å². The van der Waals surface area contributed by atoms with Gasteiger partial charge in [0.2, 0.25) is 0 Å². The molecule has 3 rings (SSSR count). The first-order valence-corrected chi connectivity index (χ1v) is 14.6. The third-order valence-corrected chi connectivity index (χ3v) is 9.52. The number of carbonyl (C=O) groups is 4. The molecule has 0 spiro atoms. The van der Waals surface area contributed by atoms with E-state index in [-0.39, 0.29) is 11.5 Å². The molecule has 2 amide bonds. The maximum atomic E-state index is 13.0. The maximum absolute atomic E-state index is 13.0. The molecule has 1 heterocycles. The second-order valence-electron chi connectivity index (χ2n) is 6.83. The van der Waals surface area contributed by atoms with Crippen LogP contribution < -0.4 is 10.6 Å². The average molecular weight is 539 g/mol. The van der Waals surface area contributed by atoms with E-state index >= 15 is 0 Å². The molecule has 0 fully saturated rings. The molecule has 0 bridgehead atoms. The Balaban J connectivity index is 1.95. The SMILES string of the molecule is COC(=O)C1CSSC[C@H](C(=O)OC)NC(=O)c2ccccc2SSc2ccccc2C(=O)N1. The molecule has 0 saturated heterocycles. The van der Waals surface area contributed by atoms with Gasteiger partial charge in [-0.25, -0.2) is 9.59 Å². The van der Waals surface area contributed by atoms with Crippen molar-refractivity contribution in [1.82, 2.24) is 10.6 Å². The number of amides is 2. The van der Waals surface area contributed by atoms with Crippen LogP contribution in [-0.4, -0.2) is 61.6 Å². The zero-order valence-corrected chi connectivity index (χ0v) is 21.5. The molecule has 2 aromatic rings. The number of esters is 2. The molecular weight excluding hydrogens is 517 g/mol. The highest BCUT2D eigenvalue weighted by molar-refractivity contribution is 8.77. The molecule has 0 saturated carbocycles. The number of carbonyl (C=O) groups excluding carboxylic acids is 4. The number of ether oxygens (including phenoxy) is 2. The lowest BCUT2D eigenvalue weighted by atomic mass is 10.2. The molecule has 1 unspecified atom stereocenters. The van der Waals surface area contributed by atoms with Crippen molar-refractivity contribution in [2.45, 2.75) is 21.9 Å². The molecule has 2 atom stereocenters. The summed E-state index contributed by atoms with van der Waals surface area (Å²) in [6.45, 7) is 0. The molecule has 180 valence electrons. The van der Waals surface area contributed by atoms with Gasteiger partial charge in [0.25, 0.3) is 11.8 Å². The lowest BCUT2D eigenvalue weighted by molar-refractivity contribution is -0.143. The van der Waals surface area contributed by atoms with Gasteiger partial charge in [-0.05, 0) is 24.3 Å². The molecule has 1 aliphatic heterocycles. The van der Waals surface area contributed by atoms with Gasteiger partial charge in [0.05, 0.1) is 25.3 Å². The maximum Gasteiger partial charge on any atom is 0.329 e. The molecule has 2 N–H and O–H groups in total. The first-order valence-electron chi connectivity index (χ1n) is 9.99. The highest BCUT2D eigenvalue weighted by Gasteiger charge is 2.27. The molecule has 12 heteroatoms. The fourth-order valence-corrected chi connectivity index (χ4v) is 7.53. The van der Waals surface area contributed by atoms with Gasteiger partial charge >= 0.3 is 11.9 Å². The Morgan fingerprint density at radius 3 is 1.50 bits per heavy atom. The van der Waals surface area contributed by atoms with E-state index in [2.05, 4.69) is 10.6 Å². The quantitative estimate of drug-likeness (QED) is 0.436. The Kier molecular flexibility index (Phi) is 10.1. The van der Waals surface area contributed by atoms with Crippen LogP contribution in [0.1, 0.15) is 20.7 Å². The van der Waals surface area contributed by atoms with Gasteiger partial charge in [0.15, 0.2) is 0 Å². The number of hydrogen-bond acceptors (Lipinski definition) is 10. The number of fused-ring (bicyclic) bond motifs is 2. The van der Waals surface area contributed by atoms with E-state index < -0.39 is 35.8 Å². The van der Waals surface area contributed by atoms with E-state index in [0.29, 0.717) is 20.9 Å². The number of nitrogens with one attached hydrogen (secondary N) is 2. The normalized spacial score (nSPS) is 19.6. The van der Waals surface area contributed by atoms with Crippen LogP contribution in [0.5, 0.6) is 0 Å². The largest absolute Gasteiger partial charge is 0.467 e. The van der Waals surface area contributed by atoms with Crippen LogP contribution >= 0.6 is 43.2 Å². The predicted molar refractivity (Wildman–Crippen MR) is 136 cm³/mol. The Bertz CT molecular complexity index is 984. The molecule has 34 heavy (non-hydrogen) atoms. The van der Waals surface area contributed by atoms with Gasteiger partial charge in [-0.3, -0.25) is 9.59 Å². The Labute approximate surface area is 212 Å². The van der Waals surface area contributed by atoms with E-state index in [4.69, 9.17) is 9.47 Å². The molecule has 0 radical (unpaired) electrons. The van der Waals surface area contributed by atoms with Crippen molar-refractivity contribution in [3.8, 4) is 0 Å². The first-order chi connectivity index (χ1) is 16.4. The smallest absolute Gasteiger partial charge is 0.329 e. The van der Waals surface area contributed by atoms with Crippen molar-refractivity contribution in [2.75, 3.05) is 25.7 Å². The molecular formula is C22H22N2O6S4. The predicted octanol–water partition coefficient (Wildman–Crippen LogP) is 3.42. The van der Waals surface area contributed by atoms with Crippen LogP contribution in [0.3, 0.4) is 0 Å². The molecule has 1 aliphatic rings. The minimum absolute atomic E-state index is 0.206. The number of methoxy groups -OCH3 is 2. The summed E-state index contributed by atoms with van der Waals surface area (Å²) < 4.78 is 9.69. The van der Waals surface area contributed by atoms with E-state index in [1.165, 1.54) is 57.4 Å². The summed E-state index contributed by atoms with van der Waals surface area (Å²) in [6.07, 6.45) is 0. The summed E-state index contributed by atoms with van der Waals surface area (Å²) in [6, 6.07) is 12.3. The van der Waals surface area contributed by atoms with Crippen molar-refractivity contribution in [1.29, 1.82) is 0 Å². The lowest BCUT2D eigenvalue weighted by Gasteiger charge is -2.20. The summed E-state index contributed by atoms with van der Waals surface area (Å²) in [5.41, 5.74) is 0.817. The van der Waals surface area contributed by atoms with Gasteiger partial charge in [0.1, 0.15) is 12.1 Å². The van der Waals surface area contributed by atoms with Gasteiger partial charge in [0, 0.05) is 21.3 Å². The summed E-state index contributed by atoms with van der Waals surface area (Å²) in [5.74, 6) is -1.55. The molecule has 2 aromatic carbocycles. The zero-order chi connectivity index (χ0) is 24.5. The summed E-state index contributed by atoms with van der Waals surface area (Å²) in [4.78, 5) is 51.9. The van der Waals surface area contributed by atoms with Crippen molar-refractivity contribution >= 4 is 66.9 Å². The fraction of sp³-hybridized carbons (Fsp3) is 0.273. The van der Waals surface area contributed by atoms with Crippen LogP contribution in [-0.2, 0) is 19.1 Å². The molecule has 0 aromatic heterocycles. The summed E-state index contributed by atoms with van der Waals surface area (Å²) in [5, 5.41) is 5.49. The van der Waals surface area contributed by atoms with Crippen LogP contribution in [0.2, 0.25) is 0 Å². The Morgan fingerprint density at radius 1 is 0.735 bits per heavy atom. The Morgan fingerprint density at radius 2 is 1.12 bits per heavy atom. The van der Waals surface area contributed by atoms with Crippen molar-refractivity contribution in [3.63, 3.8) is 0 Å². The van der Waals surface area contributed by atoms with E-state index in [1.807, 2.05) is 12.1 Å². The average Bonchev–Trinajstić information content (AvgIpc) is 2.87. The van der Waals surface area contributed by atoms with Crippen molar-refractivity contribution in [2.24, 2.45) is 0 Å². The number of benzene rings is 2. The fourth-order valence-electron chi connectivity index (χ4n) is 2.87. The minimum Gasteiger partial charge on any atom is -0.467 e. The van der Waals surface area contributed by atoms with Gasteiger partial charge < -0.3 is 20.1 Å². The third kappa shape index (κ3) is 6.87. The summed E-state index contributed by atoms with van der Waals surface area (Å²) >= 11 is 0. The van der Waals surface area contributed by atoms with E-state index in [0.717, 1.165) is 0 Å². The Hall–Kier alpha value is -2.28. The second kappa shape index (κ2) is 13.0. The van der Waals surface area contributed by atoms with Gasteiger partial charge in [-0.1, -0.05) is 67.4 Å². The third-order valence-electron chi connectivity index (χ3n) is 4.62. The van der Waals surface area contributed by atoms with Crippen molar-refractivity contribution < 1.29 is 28.7 Å². The summed E-state index contributed by atoms with van der Waals surface area (Å²) in [7, 11) is 7.70. The molecule has 8 nitrogen and oxygen atoms in total. The van der Waals surface area contributed by atoms with Crippen LogP contribution in [0.15, 0.2) is 58.3 Å². The zero-order valence-electron chi connectivity index (χ0n) is 18.3. The highest BCUT2D eigenvalue weighted by Crippen LogP contribution is 2.40. The number of hydrogen-bond donors (Lipinski definition) is 2. The first kappa shape index (κ1) is 26.3. The monoisotopic (exact) mass is 538 g/mol. The standard InChI is InChI=1S/C22H22N2O6S4/c1-29-21(27)15-11-31-32-12-16(22(28)30-2)24-20(26)14-8-4-6-10-18(14)34-33-17-9-5-3-7-13(17)19(25)23-15/h3-10,15-16H,11-12H2,1-2H3,(H,23,25)(H,24,26)/t15-,16?/m1/s1. The van der Waals surface area contributed by atoms with Gasteiger partial charge in [-0.15, -0.1) is 0 Å². The van der Waals surface area contributed by atoms with Crippen LogP contribution in [0.25, 0.3) is 0 Å². The van der Waals surface area contributed by atoms with Crippen LogP contribution in [0.4, 0.5) is 0 Å². The van der Waals surface area contributed by atoms with Crippen LogP contribution in [0, 0.1) is 0 Å². The van der Waals surface area contributed by atoms with E-state index in [1.54, 1.807) is 36.4 Å². The number of rotatable bonds is 2.